The van der Waals surface area contributed by atoms with Gasteiger partial charge in [-0.05, 0) is 67.3 Å². The molecule has 1 atom stereocenters. The minimum absolute atomic E-state index is 0.0639. The number of aryl methyl sites for hydroxylation is 2. The van der Waals surface area contributed by atoms with Gasteiger partial charge >= 0.3 is 0 Å². The van der Waals surface area contributed by atoms with Crippen LogP contribution < -0.4 is 5.32 Å². The maximum absolute atomic E-state index is 13.4. The molecule has 1 saturated carbocycles. The zero-order valence-corrected chi connectivity index (χ0v) is 22.4. The summed E-state index contributed by atoms with van der Waals surface area (Å²) in [7, 11) is -0.508. The fourth-order valence-corrected chi connectivity index (χ4v) is 6.63. The van der Waals surface area contributed by atoms with E-state index in [1.165, 1.54) is 33.6 Å². The second kappa shape index (κ2) is 10.5. The summed E-state index contributed by atoms with van der Waals surface area (Å²) in [5, 5.41) is 19.3. The number of methoxy groups -OCH3 is 1. The smallest absolute Gasteiger partial charge is 0.264 e. The maximum Gasteiger partial charge on any atom is 0.264 e. The minimum atomic E-state index is -3.82. The van der Waals surface area contributed by atoms with Gasteiger partial charge in [-0.15, -0.1) is 5.10 Å². The summed E-state index contributed by atoms with van der Waals surface area (Å²) in [5.74, 6) is -0.320. The van der Waals surface area contributed by atoms with Crippen LogP contribution in [0.15, 0.2) is 47.6 Å². The lowest BCUT2D eigenvalue weighted by Crippen LogP contribution is -2.57. The van der Waals surface area contributed by atoms with Crippen LogP contribution in [-0.4, -0.2) is 77.7 Å². The van der Waals surface area contributed by atoms with Crippen molar-refractivity contribution in [3.63, 3.8) is 0 Å². The topological polar surface area (TPSA) is 116 Å². The van der Waals surface area contributed by atoms with Gasteiger partial charge in [0.15, 0.2) is 0 Å². The molecule has 1 aliphatic heterocycles. The van der Waals surface area contributed by atoms with Crippen LogP contribution >= 0.6 is 0 Å². The average Bonchev–Trinajstić information content (AvgIpc) is 3.32. The van der Waals surface area contributed by atoms with Crippen molar-refractivity contribution in [1.29, 1.82) is 5.41 Å². The van der Waals surface area contributed by atoms with Crippen LogP contribution in [0, 0.1) is 18.2 Å². The quantitative estimate of drug-likeness (QED) is 0.421. The highest BCUT2D eigenvalue weighted by Crippen LogP contribution is 2.39. The maximum atomic E-state index is 13.4. The van der Waals surface area contributed by atoms with Gasteiger partial charge in [0, 0.05) is 69.0 Å². The molecule has 2 fully saturated rings. The van der Waals surface area contributed by atoms with Crippen molar-refractivity contribution in [3.05, 3.63) is 65.1 Å². The predicted molar refractivity (Wildman–Crippen MR) is 142 cm³/mol. The van der Waals surface area contributed by atoms with Gasteiger partial charge in [-0.25, -0.2) is 12.8 Å². The Balaban J connectivity index is 1.48. The van der Waals surface area contributed by atoms with E-state index in [0.717, 1.165) is 29.7 Å². The number of nitrogens with one attached hydrogen (secondary N) is 2. The summed E-state index contributed by atoms with van der Waals surface area (Å²) in [4.78, 5) is 3.62. The summed E-state index contributed by atoms with van der Waals surface area (Å²) in [5.41, 5.74) is 4.03. The van der Waals surface area contributed by atoms with Crippen molar-refractivity contribution >= 4 is 27.6 Å². The number of hydrogen-bond acceptors (Lipinski definition) is 8. The summed E-state index contributed by atoms with van der Waals surface area (Å²) >= 11 is 0. The Morgan fingerprint density at radius 2 is 1.92 bits per heavy atom. The van der Waals surface area contributed by atoms with Gasteiger partial charge in [-0.1, -0.05) is 0 Å². The minimum Gasteiger partial charge on any atom is -0.381 e. The molecule has 5 rings (SSSR count). The van der Waals surface area contributed by atoms with E-state index in [9.17, 15) is 12.8 Å². The molecule has 1 aromatic heterocycles. The molecule has 0 radical (unpaired) electrons. The van der Waals surface area contributed by atoms with Crippen molar-refractivity contribution in [2.45, 2.75) is 43.0 Å². The Morgan fingerprint density at radius 3 is 2.55 bits per heavy atom. The molecule has 0 bridgehead atoms. The van der Waals surface area contributed by atoms with E-state index in [1.807, 2.05) is 19.1 Å². The summed E-state index contributed by atoms with van der Waals surface area (Å²) in [6.07, 6.45) is 4.55. The fourth-order valence-electron chi connectivity index (χ4n) is 5.30. The lowest BCUT2D eigenvalue weighted by atomic mass is 9.84. The highest BCUT2D eigenvalue weighted by atomic mass is 32.2. The van der Waals surface area contributed by atoms with Crippen LogP contribution in [0.5, 0.6) is 0 Å². The molecule has 1 aliphatic carbocycles. The zero-order chi connectivity index (χ0) is 27.0. The number of aromatic nitrogens is 3. The highest BCUT2D eigenvalue weighted by Gasteiger charge is 2.43. The molecule has 202 valence electrons. The second-order valence-corrected chi connectivity index (χ2v) is 11.7. The molecule has 38 heavy (non-hydrogen) atoms. The number of rotatable bonds is 8. The van der Waals surface area contributed by atoms with Gasteiger partial charge < -0.3 is 15.5 Å². The van der Waals surface area contributed by atoms with Crippen LogP contribution in [0.4, 0.5) is 15.8 Å². The van der Waals surface area contributed by atoms with Gasteiger partial charge in [0.05, 0.1) is 12.3 Å². The average molecular weight is 542 g/mol. The van der Waals surface area contributed by atoms with Crippen molar-refractivity contribution in [2.75, 3.05) is 32.1 Å². The van der Waals surface area contributed by atoms with Gasteiger partial charge in [0.2, 0.25) is 5.03 Å². The van der Waals surface area contributed by atoms with E-state index in [4.69, 9.17) is 10.1 Å². The molecule has 0 spiro atoms. The molecular weight excluding hydrogens is 509 g/mol. The van der Waals surface area contributed by atoms with Crippen molar-refractivity contribution in [1.82, 2.24) is 24.2 Å². The standard InChI is InChI=1S/C26H32FN7O3S/c1-17-10-24(30-20-6-4-19(27)5-7-20)18(14-28)11-23(17)25-16-33(38(35,36)26-15-29-32(2)31-26)8-9-34(25)21-12-22(13-21)37-3/h4-7,10-11,14-15,21-22,25,28,30H,8-9,12-13,16H2,1-3H3/t21?,22?,25-/m1/s1. The Morgan fingerprint density at radius 1 is 1.18 bits per heavy atom. The van der Waals surface area contributed by atoms with Crippen molar-refractivity contribution in [3.8, 4) is 0 Å². The summed E-state index contributed by atoms with van der Waals surface area (Å²) in [6.45, 7) is 3.17. The Hall–Kier alpha value is -3.19. The van der Waals surface area contributed by atoms with Crippen LogP contribution in [0.3, 0.4) is 0 Å². The first kappa shape index (κ1) is 26.4. The molecule has 2 aromatic carbocycles. The molecule has 0 unspecified atom stereocenters. The first-order valence-electron chi connectivity index (χ1n) is 12.5. The molecule has 2 N–H and O–H groups in total. The number of piperazine rings is 1. The van der Waals surface area contributed by atoms with Crippen LogP contribution in [0.2, 0.25) is 0 Å². The molecule has 12 heteroatoms. The lowest BCUT2D eigenvalue weighted by molar-refractivity contribution is -0.0540. The summed E-state index contributed by atoms with van der Waals surface area (Å²) < 4.78 is 47.2. The number of hydrogen-bond donors (Lipinski definition) is 2. The van der Waals surface area contributed by atoms with E-state index < -0.39 is 10.0 Å². The Labute approximate surface area is 222 Å². The lowest BCUT2D eigenvalue weighted by Gasteiger charge is -2.50. The number of anilines is 2. The third-order valence-electron chi connectivity index (χ3n) is 7.52. The molecule has 1 saturated heterocycles. The van der Waals surface area contributed by atoms with E-state index in [1.54, 1.807) is 26.3 Å². The van der Waals surface area contributed by atoms with Gasteiger partial charge in [0.25, 0.3) is 10.0 Å². The normalized spacial score (nSPS) is 22.7. The molecule has 2 heterocycles. The van der Waals surface area contributed by atoms with Gasteiger partial charge in [0.1, 0.15) is 5.82 Å². The van der Waals surface area contributed by atoms with Crippen molar-refractivity contribution in [2.24, 2.45) is 7.05 Å². The Kier molecular flexibility index (Phi) is 7.32. The molecular formula is C26H32FN7O3S. The zero-order valence-electron chi connectivity index (χ0n) is 21.6. The predicted octanol–water partition coefficient (Wildman–Crippen LogP) is 3.23. The van der Waals surface area contributed by atoms with Crippen LogP contribution in [0.25, 0.3) is 0 Å². The van der Waals surface area contributed by atoms with E-state index in [2.05, 4.69) is 20.4 Å². The SMILES string of the molecule is COC1CC(N2CCN(S(=O)(=O)c3cnn(C)n3)C[C@@H]2c2cc(C=N)c(Nc3ccc(F)cc3)cc2C)C1. The fraction of sp³-hybridized carbons (Fsp3) is 0.423. The second-order valence-electron chi connectivity index (χ2n) is 9.84. The first-order valence-corrected chi connectivity index (χ1v) is 14.0. The molecule has 0 amide bonds. The van der Waals surface area contributed by atoms with Gasteiger partial charge in [-0.3, -0.25) is 4.90 Å². The van der Waals surface area contributed by atoms with E-state index in [-0.39, 0.29) is 35.6 Å². The monoisotopic (exact) mass is 541 g/mol. The van der Waals surface area contributed by atoms with Gasteiger partial charge in [-0.2, -0.15) is 14.2 Å². The van der Waals surface area contributed by atoms with Crippen LogP contribution in [0.1, 0.15) is 35.6 Å². The number of nitrogens with zero attached hydrogens (tertiary/aromatic N) is 5. The number of sulfonamides is 1. The van der Waals surface area contributed by atoms with Crippen molar-refractivity contribution < 1.29 is 17.5 Å². The highest BCUT2D eigenvalue weighted by molar-refractivity contribution is 7.89. The van der Waals surface area contributed by atoms with Crippen LogP contribution in [-0.2, 0) is 21.8 Å². The summed E-state index contributed by atoms with van der Waals surface area (Å²) in [6, 6.07) is 10.0. The Bertz CT molecular complexity index is 1420. The van der Waals surface area contributed by atoms with E-state index >= 15 is 0 Å². The number of halogens is 1. The van der Waals surface area contributed by atoms with E-state index in [0.29, 0.717) is 24.3 Å². The molecule has 3 aromatic rings. The number of ether oxygens (including phenoxy) is 1. The number of benzene rings is 2. The molecule has 2 aliphatic rings. The third-order valence-corrected chi connectivity index (χ3v) is 9.24. The third kappa shape index (κ3) is 5.08. The first-order chi connectivity index (χ1) is 18.2. The largest absolute Gasteiger partial charge is 0.381 e. The molecule has 10 nitrogen and oxygen atoms in total.